The third-order valence-corrected chi connectivity index (χ3v) is 2.68. The molecule has 2 atom stereocenters. The highest BCUT2D eigenvalue weighted by atomic mass is 16.3. The smallest absolute Gasteiger partial charge is 0.220 e. The molecule has 0 aliphatic heterocycles. The van der Waals surface area contributed by atoms with Gasteiger partial charge in [0.15, 0.2) is 0 Å². The number of hydrogen-bond donors (Lipinski definition) is 3. The quantitative estimate of drug-likeness (QED) is 0.522. The van der Waals surface area contributed by atoms with Crippen molar-refractivity contribution in [2.24, 2.45) is 0 Å². The minimum Gasteiger partial charge on any atom is -0.394 e. The summed E-state index contributed by atoms with van der Waals surface area (Å²) < 4.78 is 0. The molecule has 0 aromatic rings. The Morgan fingerprint density at radius 1 is 1.25 bits per heavy atom. The zero-order valence-corrected chi connectivity index (χ0v) is 10.4. The lowest BCUT2D eigenvalue weighted by atomic mass is 10.0. The maximum atomic E-state index is 11.1. The molecule has 1 amide bonds. The van der Waals surface area contributed by atoms with E-state index in [9.17, 15) is 9.90 Å². The molecule has 0 saturated heterocycles. The number of carbonyl (C=O) groups is 1. The van der Waals surface area contributed by atoms with Crippen LogP contribution in [0.3, 0.4) is 0 Å². The van der Waals surface area contributed by atoms with Gasteiger partial charge in [-0.15, -0.1) is 0 Å². The first-order chi connectivity index (χ1) is 7.65. The fraction of sp³-hybridized carbons (Fsp3) is 0.917. The highest BCUT2D eigenvalue weighted by Gasteiger charge is 2.19. The van der Waals surface area contributed by atoms with Crippen LogP contribution >= 0.6 is 0 Å². The number of rotatable bonds is 9. The number of amides is 1. The fourth-order valence-corrected chi connectivity index (χ4v) is 1.55. The van der Waals surface area contributed by atoms with Gasteiger partial charge in [-0.1, -0.05) is 39.5 Å². The Hall–Kier alpha value is -0.610. The number of unbranched alkanes of at least 4 members (excludes halogenated alkanes) is 3. The lowest BCUT2D eigenvalue weighted by Crippen LogP contribution is -2.45. The molecule has 2 unspecified atom stereocenters. The number of carbonyl (C=O) groups excluding carboxylic acids is 1. The lowest BCUT2D eigenvalue weighted by Gasteiger charge is -2.22. The first-order valence-electron chi connectivity index (χ1n) is 6.23. The van der Waals surface area contributed by atoms with E-state index >= 15 is 0 Å². The molecule has 0 heterocycles. The molecule has 0 aliphatic carbocycles. The van der Waals surface area contributed by atoms with Crippen LogP contribution in [0.15, 0.2) is 0 Å². The van der Waals surface area contributed by atoms with Crippen LogP contribution in [0.4, 0.5) is 0 Å². The van der Waals surface area contributed by atoms with Gasteiger partial charge in [0.05, 0.1) is 18.8 Å². The zero-order chi connectivity index (χ0) is 12.4. The summed E-state index contributed by atoms with van der Waals surface area (Å²) in [5.41, 5.74) is 0. The summed E-state index contributed by atoms with van der Waals surface area (Å²) in [6.45, 7) is 3.67. The Labute approximate surface area is 98.1 Å². The normalized spacial score (nSPS) is 14.5. The summed E-state index contributed by atoms with van der Waals surface area (Å²) >= 11 is 0. The van der Waals surface area contributed by atoms with E-state index < -0.39 is 12.1 Å². The van der Waals surface area contributed by atoms with Gasteiger partial charge in [-0.05, 0) is 6.42 Å². The molecular weight excluding hydrogens is 206 g/mol. The Morgan fingerprint density at radius 2 is 1.94 bits per heavy atom. The number of aliphatic hydroxyl groups is 2. The molecule has 0 radical (unpaired) electrons. The van der Waals surface area contributed by atoms with Crippen LogP contribution in [0.25, 0.3) is 0 Å². The van der Waals surface area contributed by atoms with Crippen LogP contribution in [0, 0.1) is 0 Å². The van der Waals surface area contributed by atoms with Gasteiger partial charge in [-0.25, -0.2) is 0 Å². The average molecular weight is 231 g/mol. The molecule has 0 bridgehead atoms. The average Bonchev–Trinajstić information content (AvgIpc) is 2.30. The fourth-order valence-electron chi connectivity index (χ4n) is 1.55. The summed E-state index contributed by atoms with van der Waals surface area (Å²) in [7, 11) is 0. The number of nitrogens with one attached hydrogen (secondary N) is 1. The molecule has 0 rings (SSSR count). The Balaban J connectivity index is 3.81. The SMILES string of the molecule is CCCCCCC(O)C(CO)NC(=O)CC. The van der Waals surface area contributed by atoms with Gasteiger partial charge < -0.3 is 15.5 Å². The predicted octanol–water partition coefficient (Wildman–Crippen LogP) is 1.20. The van der Waals surface area contributed by atoms with E-state index in [1.165, 1.54) is 0 Å². The Kier molecular flexibility index (Phi) is 9.24. The molecule has 4 heteroatoms. The maximum Gasteiger partial charge on any atom is 0.220 e. The van der Waals surface area contributed by atoms with E-state index in [4.69, 9.17) is 5.11 Å². The molecule has 16 heavy (non-hydrogen) atoms. The second-order valence-electron chi connectivity index (χ2n) is 4.13. The molecule has 0 fully saturated rings. The first kappa shape index (κ1) is 15.4. The van der Waals surface area contributed by atoms with Gasteiger partial charge in [0, 0.05) is 6.42 Å². The lowest BCUT2D eigenvalue weighted by molar-refractivity contribution is -0.122. The molecule has 0 aliphatic rings. The molecule has 4 nitrogen and oxygen atoms in total. The van der Waals surface area contributed by atoms with Gasteiger partial charge in [-0.3, -0.25) is 4.79 Å². The van der Waals surface area contributed by atoms with E-state index in [1.807, 2.05) is 0 Å². The summed E-state index contributed by atoms with van der Waals surface area (Å²) in [4.78, 5) is 11.1. The van der Waals surface area contributed by atoms with Crippen molar-refractivity contribution in [2.45, 2.75) is 64.5 Å². The van der Waals surface area contributed by atoms with Crippen molar-refractivity contribution in [3.63, 3.8) is 0 Å². The predicted molar refractivity (Wildman–Crippen MR) is 64.1 cm³/mol. The van der Waals surface area contributed by atoms with Crippen molar-refractivity contribution in [1.82, 2.24) is 5.32 Å². The van der Waals surface area contributed by atoms with Crippen molar-refractivity contribution in [1.29, 1.82) is 0 Å². The molecular formula is C12H25NO3. The van der Waals surface area contributed by atoms with Crippen molar-refractivity contribution in [3.05, 3.63) is 0 Å². The van der Waals surface area contributed by atoms with Crippen LogP contribution in [0.1, 0.15) is 52.4 Å². The number of hydrogen-bond acceptors (Lipinski definition) is 3. The molecule has 0 aromatic carbocycles. The highest BCUT2D eigenvalue weighted by molar-refractivity contribution is 5.75. The molecule has 0 aromatic heterocycles. The van der Waals surface area contributed by atoms with Gasteiger partial charge in [0.25, 0.3) is 0 Å². The maximum absolute atomic E-state index is 11.1. The Morgan fingerprint density at radius 3 is 2.44 bits per heavy atom. The molecule has 0 saturated carbocycles. The first-order valence-corrected chi connectivity index (χ1v) is 6.23. The second kappa shape index (κ2) is 9.60. The molecule has 3 N–H and O–H groups in total. The minimum atomic E-state index is -0.641. The zero-order valence-electron chi connectivity index (χ0n) is 10.4. The van der Waals surface area contributed by atoms with E-state index in [1.54, 1.807) is 6.92 Å². The third-order valence-electron chi connectivity index (χ3n) is 2.68. The van der Waals surface area contributed by atoms with E-state index in [-0.39, 0.29) is 12.5 Å². The monoisotopic (exact) mass is 231 g/mol. The summed E-state index contributed by atoms with van der Waals surface area (Å²) in [6.07, 6.45) is 4.72. The summed E-state index contributed by atoms with van der Waals surface area (Å²) in [5.74, 6) is -0.133. The standard InChI is InChI=1S/C12H25NO3/c1-3-5-6-7-8-11(15)10(9-14)13-12(16)4-2/h10-11,14-15H,3-9H2,1-2H3,(H,13,16). The van der Waals surface area contributed by atoms with Crippen LogP contribution in [0.5, 0.6) is 0 Å². The van der Waals surface area contributed by atoms with Gasteiger partial charge in [0.2, 0.25) is 5.91 Å². The van der Waals surface area contributed by atoms with Crippen LogP contribution < -0.4 is 5.32 Å². The van der Waals surface area contributed by atoms with Gasteiger partial charge in [0.1, 0.15) is 0 Å². The topological polar surface area (TPSA) is 69.6 Å². The highest BCUT2D eigenvalue weighted by Crippen LogP contribution is 2.08. The van der Waals surface area contributed by atoms with Gasteiger partial charge >= 0.3 is 0 Å². The third kappa shape index (κ3) is 6.80. The van der Waals surface area contributed by atoms with Crippen LogP contribution in [0.2, 0.25) is 0 Å². The van der Waals surface area contributed by atoms with Crippen LogP contribution in [-0.2, 0) is 4.79 Å². The van der Waals surface area contributed by atoms with Crippen molar-refractivity contribution < 1.29 is 15.0 Å². The van der Waals surface area contributed by atoms with Crippen molar-refractivity contribution in [2.75, 3.05) is 6.61 Å². The second-order valence-corrected chi connectivity index (χ2v) is 4.13. The van der Waals surface area contributed by atoms with Gasteiger partial charge in [-0.2, -0.15) is 0 Å². The minimum absolute atomic E-state index is 0.133. The van der Waals surface area contributed by atoms with E-state index in [0.29, 0.717) is 12.8 Å². The molecule has 96 valence electrons. The summed E-state index contributed by atoms with van der Waals surface area (Å²) in [6, 6.07) is -0.519. The Bertz CT molecular complexity index is 185. The van der Waals surface area contributed by atoms with Crippen molar-refractivity contribution >= 4 is 5.91 Å². The van der Waals surface area contributed by atoms with Crippen LogP contribution in [-0.4, -0.2) is 34.9 Å². The number of aliphatic hydroxyl groups excluding tert-OH is 2. The summed E-state index contributed by atoms with van der Waals surface area (Å²) in [5, 5.41) is 21.5. The van der Waals surface area contributed by atoms with Crippen molar-refractivity contribution in [3.8, 4) is 0 Å². The molecule has 0 spiro atoms. The van der Waals surface area contributed by atoms with E-state index in [0.717, 1.165) is 25.7 Å². The van der Waals surface area contributed by atoms with E-state index in [2.05, 4.69) is 12.2 Å². The largest absolute Gasteiger partial charge is 0.394 e.